The van der Waals surface area contributed by atoms with Gasteiger partial charge in [-0.3, -0.25) is 0 Å². The molecule has 0 saturated heterocycles. The first-order valence-electron chi connectivity index (χ1n) is 5.69. The second-order valence-electron chi connectivity index (χ2n) is 4.13. The summed E-state index contributed by atoms with van der Waals surface area (Å²) < 4.78 is 2.21. The van der Waals surface area contributed by atoms with Crippen LogP contribution in [0.15, 0.2) is 54.9 Å². The first-order chi connectivity index (χ1) is 7.86. The first-order valence-corrected chi connectivity index (χ1v) is 5.69. The summed E-state index contributed by atoms with van der Waals surface area (Å²) in [4.78, 5) is 0. The fourth-order valence-electron chi connectivity index (χ4n) is 2.09. The van der Waals surface area contributed by atoms with E-state index < -0.39 is 0 Å². The Morgan fingerprint density at radius 2 is 1.71 bits per heavy atom. The largest absolute Gasteiger partial charge is 1.00 e. The lowest BCUT2D eigenvalue weighted by Crippen LogP contribution is -3.00. The molecule has 1 aromatic carbocycles. The summed E-state index contributed by atoms with van der Waals surface area (Å²) in [6.45, 7) is 2.18. The molecule has 0 saturated carbocycles. The summed E-state index contributed by atoms with van der Waals surface area (Å²) in [6, 6.07) is 15.1. The summed E-state index contributed by atoms with van der Waals surface area (Å²) in [5.74, 6) is 0. The molecule has 0 radical (unpaired) electrons. The lowest BCUT2D eigenvalue weighted by atomic mass is 10.1. The van der Waals surface area contributed by atoms with Gasteiger partial charge in [0.1, 0.15) is 0 Å². The Hall–Kier alpha value is -1.60. The number of pyridine rings is 2. The van der Waals surface area contributed by atoms with E-state index in [4.69, 9.17) is 0 Å². The predicted octanol–water partition coefficient (Wildman–Crippen LogP) is 0.145. The van der Waals surface area contributed by atoms with Gasteiger partial charge in [-0.1, -0.05) is 25.1 Å². The van der Waals surface area contributed by atoms with Crippen molar-refractivity contribution in [2.75, 3.05) is 0 Å². The van der Waals surface area contributed by atoms with E-state index >= 15 is 0 Å². The van der Waals surface area contributed by atoms with Crippen LogP contribution >= 0.6 is 0 Å². The number of benzene rings is 1. The zero-order valence-corrected chi connectivity index (χ0v) is 10.5. The Kier molecular flexibility index (Phi) is 3.30. The van der Waals surface area contributed by atoms with Crippen molar-refractivity contribution in [2.24, 2.45) is 0 Å². The molecule has 3 rings (SSSR count). The molecule has 0 atom stereocenters. The molecule has 17 heavy (non-hydrogen) atoms. The van der Waals surface area contributed by atoms with Gasteiger partial charge in [0.2, 0.25) is 5.52 Å². The van der Waals surface area contributed by atoms with Gasteiger partial charge < -0.3 is 12.4 Å². The third-order valence-electron chi connectivity index (χ3n) is 3.06. The van der Waals surface area contributed by atoms with Crippen LogP contribution < -0.4 is 16.8 Å². The summed E-state index contributed by atoms with van der Waals surface area (Å²) in [5, 5.41) is 2.58. The predicted molar refractivity (Wildman–Crippen MR) is 66.5 cm³/mol. The molecule has 2 heterocycles. The van der Waals surface area contributed by atoms with Crippen LogP contribution in [0.4, 0.5) is 0 Å². The highest BCUT2D eigenvalue weighted by Crippen LogP contribution is 2.13. The number of rotatable bonds is 1. The van der Waals surface area contributed by atoms with Gasteiger partial charge in [-0.2, -0.15) is 4.40 Å². The summed E-state index contributed by atoms with van der Waals surface area (Å²) in [5.41, 5.74) is 2.61. The standard InChI is InChI=1S/C15H14N.ClH/c1-2-12-7-8-15-9-13-5-3-4-6-14(13)11-16(15)10-12;/h3-11H,2H2,1H3;1H/q+1;/p-1. The maximum Gasteiger partial charge on any atom is 0.211 e. The van der Waals surface area contributed by atoms with Gasteiger partial charge in [0.05, 0.1) is 0 Å². The van der Waals surface area contributed by atoms with Gasteiger partial charge in [-0.25, -0.2) is 0 Å². The highest BCUT2D eigenvalue weighted by Gasteiger charge is 2.05. The molecule has 2 heteroatoms. The van der Waals surface area contributed by atoms with E-state index in [2.05, 4.69) is 66.2 Å². The van der Waals surface area contributed by atoms with Crippen molar-refractivity contribution in [1.82, 2.24) is 0 Å². The van der Waals surface area contributed by atoms with Crippen molar-refractivity contribution in [1.29, 1.82) is 0 Å². The van der Waals surface area contributed by atoms with E-state index in [1.807, 2.05) is 0 Å². The highest BCUT2D eigenvalue weighted by atomic mass is 35.5. The normalized spacial score (nSPS) is 10.4. The maximum absolute atomic E-state index is 2.23. The van der Waals surface area contributed by atoms with Gasteiger partial charge in [-0.05, 0) is 23.9 Å². The number of aryl methyl sites for hydroxylation is 1. The van der Waals surface area contributed by atoms with Crippen LogP contribution in [0.1, 0.15) is 12.5 Å². The van der Waals surface area contributed by atoms with E-state index in [0.29, 0.717) is 0 Å². The number of hydrogen-bond donors (Lipinski definition) is 0. The molecule has 0 aliphatic heterocycles. The minimum Gasteiger partial charge on any atom is -1.00 e. The number of nitrogens with zero attached hydrogens (tertiary/aromatic N) is 1. The van der Waals surface area contributed by atoms with Gasteiger partial charge in [-0.15, -0.1) is 0 Å². The first kappa shape index (κ1) is 11.9. The van der Waals surface area contributed by atoms with E-state index in [1.165, 1.54) is 21.9 Å². The minimum absolute atomic E-state index is 0. The average Bonchev–Trinajstić information content (AvgIpc) is 2.35. The Balaban J connectivity index is 0.00000108. The molecule has 0 bridgehead atoms. The van der Waals surface area contributed by atoms with Crippen LogP contribution in [0.3, 0.4) is 0 Å². The zero-order valence-electron chi connectivity index (χ0n) is 9.73. The number of halogens is 1. The van der Waals surface area contributed by atoms with Crippen LogP contribution in [0.25, 0.3) is 16.3 Å². The van der Waals surface area contributed by atoms with Crippen LogP contribution in [0.2, 0.25) is 0 Å². The van der Waals surface area contributed by atoms with Crippen molar-refractivity contribution in [2.45, 2.75) is 13.3 Å². The third-order valence-corrected chi connectivity index (χ3v) is 3.06. The smallest absolute Gasteiger partial charge is 0.211 e. The maximum atomic E-state index is 2.23. The summed E-state index contributed by atoms with van der Waals surface area (Å²) in [7, 11) is 0. The zero-order chi connectivity index (χ0) is 11.0. The van der Waals surface area contributed by atoms with Crippen molar-refractivity contribution in [3.8, 4) is 0 Å². The van der Waals surface area contributed by atoms with Crippen molar-refractivity contribution >= 4 is 16.3 Å². The van der Waals surface area contributed by atoms with Crippen LogP contribution in [-0.2, 0) is 6.42 Å². The number of hydrogen-bond acceptors (Lipinski definition) is 0. The number of fused-ring (bicyclic) bond motifs is 2. The summed E-state index contributed by atoms with van der Waals surface area (Å²) >= 11 is 0. The highest BCUT2D eigenvalue weighted by molar-refractivity contribution is 5.83. The topological polar surface area (TPSA) is 4.10 Å². The van der Waals surface area contributed by atoms with E-state index in [9.17, 15) is 0 Å². The molecule has 3 aromatic rings. The summed E-state index contributed by atoms with van der Waals surface area (Å²) in [6.07, 6.45) is 5.49. The Bertz CT molecular complexity index is 661. The van der Waals surface area contributed by atoms with Crippen molar-refractivity contribution in [3.05, 3.63) is 60.4 Å². The molecule has 0 unspecified atom stereocenters. The molecular formula is C15H14ClN. The second kappa shape index (κ2) is 4.72. The Morgan fingerprint density at radius 3 is 2.47 bits per heavy atom. The molecule has 0 spiro atoms. The van der Waals surface area contributed by atoms with Crippen LogP contribution in [-0.4, -0.2) is 0 Å². The van der Waals surface area contributed by atoms with Gasteiger partial charge in [0.15, 0.2) is 12.4 Å². The van der Waals surface area contributed by atoms with Gasteiger partial charge in [0, 0.05) is 23.1 Å². The SMILES string of the molecule is CCc1ccc2cc3ccccc3c[n+]2c1.[Cl-]. The lowest BCUT2D eigenvalue weighted by Gasteiger charge is -1.98. The van der Waals surface area contributed by atoms with Crippen molar-refractivity contribution < 1.29 is 16.8 Å². The van der Waals surface area contributed by atoms with E-state index in [-0.39, 0.29) is 12.4 Å². The fraction of sp³-hybridized carbons (Fsp3) is 0.133. The molecule has 0 amide bonds. The molecule has 0 aliphatic carbocycles. The van der Waals surface area contributed by atoms with Crippen LogP contribution in [0.5, 0.6) is 0 Å². The fourth-order valence-corrected chi connectivity index (χ4v) is 2.09. The van der Waals surface area contributed by atoms with E-state index in [0.717, 1.165) is 6.42 Å². The molecule has 0 N–H and O–H groups in total. The molecule has 0 aliphatic rings. The van der Waals surface area contributed by atoms with Crippen molar-refractivity contribution in [3.63, 3.8) is 0 Å². The molecule has 1 nitrogen and oxygen atoms in total. The monoisotopic (exact) mass is 243 g/mol. The van der Waals surface area contributed by atoms with Gasteiger partial charge >= 0.3 is 0 Å². The third kappa shape index (κ3) is 2.11. The average molecular weight is 244 g/mol. The molecule has 2 aromatic heterocycles. The van der Waals surface area contributed by atoms with Gasteiger partial charge in [0.25, 0.3) is 0 Å². The molecular weight excluding hydrogens is 230 g/mol. The second-order valence-corrected chi connectivity index (χ2v) is 4.13. The Morgan fingerprint density at radius 1 is 0.941 bits per heavy atom. The quantitative estimate of drug-likeness (QED) is 0.423. The molecule has 86 valence electrons. The number of aromatic nitrogens is 1. The lowest BCUT2D eigenvalue weighted by molar-refractivity contribution is -0.510. The minimum atomic E-state index is 0. The van der Waals surface area contributed by atoms with E-state index in [1.54, 1.807) is 0 Å². The van der Waals surface area contributed by atoms with Crippen LogP contribution in [0, 0.1) is 0 Å². The molecule has 0 fully saturated rings. The Labute approximate surface area is 107 Å².